The molecule has 6 heteroatoms. The molecule has 1 N–H and O–H groups in total. The van der Waals surface area contributed by atoms with Gasteiger partial charge in [0, 0.05) is 26.5 Å². The fourth-order valence-electron chi connectivity index (χ4n) is 1.13. The SMILES string of the molecule is CN(C)S(=O)(=O)NCc1cccc(CCl)c1. The van der Waals surface area contributed by atoms with E-state index in [4.69, 9.17) is 11.6 Å². The molecule has 0 aliphatic heterocycles. The molecule has 1 aromatic carbocycles. The normalized spacial score (nSPS) is 12.0. The summed E-state index contributed by atoms with van der Waals surface area (Å²) in [6, 6.07) is 7.49. The summed E-state index contributed by atoms with van der Waals surface area (Å²) >= 11 is 5.69. The van der Waals surface area contributed by atoms with Gasteiger partial charge in [-0.25, -0.2) is 0 Å². The van der Waals surface area contributed by atoms with E-state index in [1.54, 1.807) is 0 Å². The van der Waals surface area contributed by atoms with Gasteiger partial charge in [-0.15, -0.1) is 11.6 Å². The Morgan fingerprint density at radius 1 is 1.31 bits per heavy atom. The molecule has 0 aliphatic carbocycles. The summed E-state index contributed by atoms with van der Waals surface area (Å²) in [5.41, 5.74) is 1.87. The fourth-order valence-corrected chi connectivity index (χ4v) is 1.90. The summed E-state index contributed by atoms with van der Waals surface area (Å²) in [5, 5.41) is 0. The molecule has 1 aromatic rings. The topological polar surface area (TPSA) is 49.4 Å². The Kier molecular flexibility index (Phi) is 4.73. The van der Waals surface area contributed by atoms with Gasteiger partial charge >= 0.3 is 0 Å². The molecule has 0 unspecified atom stereocenters. The van der Waals surface area contributed by atoms with Gasteiger partial charge in [0.1, 0.15) is 0 Å². The average Bonchev–Trinajstić information content (AvgIpc) is 2.26. The molecular weight excluding hydrogens is 248 g/mol. The van der Waals surface area contributed by atoms with Gasteiger partial charge in [-0.1, -0.05) is 24.3 Å². The van der Waals surface area contributed by atoms with Gasteiger partial charge < -0.3 is 0 Å². The second-order valence-electron chi connectivity index (χ2n) is 3.56. The van der Waals surface area contributed by atoms with E-state index in [1.807, 2.05) is 24.3 Å². The number of rotatable bonds is 5. The van der Waals surface area contributed by atoms with Crippen LogP contribution >= 0.6 is 11.6 Å². The van der Waals surface area contributed by atoms with Gasteiger partial charge in [-0.3, -0.25) is 0 Å². The molecule has 90 valence electrons. The van der Waals surface area contributed by atoms with Crippen LogP contribution in [0.4, 0.5) is 0 Å². The van der Waals surface area contributed by atoms with E-state index >= 15 is 0 Å². The van der Waals surface area contributed by atoms with Crippen molar-refractivity contribution < 1.29 is 8.42 Å². The van der Waals surface area contributed by atoms with E-state index in [2.05, 4.69) is 4.72 Å². The molecule has 0 atom stereocenters. The first-order valence-corrected chi connectivity index (χ1v) is 6.74. The van der Waals surface area contributed by atoms with Gasteiger partial charge in [0.05, 0.1) is 0 Å². The van der Waals surface area contributed by atoms with E-state index in [9.17, 15) is 8.42 Å². The number of nitrogens with one attached hydrogen (secondary N) is 1. The number of halogens is 1. The Hall–Kier alpha value is -0.620. The number of hydrogen-bond acceptors (Lipinski definition) is 2. The smallest absolute Gasteiger partial charge is 0.198 e. The third-order valence-electron chi connectivity index (χ3n) is 2.09. The predicted molar refractivity (Wildman–Crippen MR) is 65.4 cm³/mol. The van der Waals surface area contributed by atoms with Crippen LogP contribution in [0.1, 0.15) is 11.1 Å². The molecule has 1 rings (SSSR count). The zero-order chi connectivity index (χ0) is 12.2. The van der Waals surface area contributed by atoms with Gasteiger partial charge in [0.15, 0.2) is 0 Å². The predicted octanol–water partition coefficient (Wildman–Crippen LogP) is 1.32. The Bertz CT molecular complexity index is 446. The van der Waals surface area contributed by atoms with Crippen LogP contribution in [0.25, 0.3) is 0 Å². The molecule has 0 radical (unpaired) electrons. The Morgan fingerprint density at radius 3 is 2.50 bits per heavy atom. The minimum atomic E-state index is -3.37. The summed E-state index contributed by atoms with van der Waals surface area (Å²) in [5.74, 6) is 0.425. The number of alkyl halides is 1. The molecule has 0 spiro atoms. The average molecular weight is 263 g/mol. The van der Waals surface area contributed by atoms with Gasteiger partial charge in [-0.05, 0) is 11.1 Å². The maximum Gasteiger partial charge on any atom is 0.279 e. The second kappa shape index (κ2) is 5.63. The first-order chi connectivity index (χ1) is 7.45. The summed E-state index contributed by atoms with van der Waals surface area (Å²) in [4.78, 5) is 0. The molecule has 0 bridgehead atoms. The highest BCUT2D eigenvalue weighted by Gasteiger charge is 2.11. The fraction of sp³-hybridized carbons (Fsp3) is 0.400. The van der Waals surface area contributed by atoms with E-state index in [0.29, 0.717) is 5.88 Å². The highest BCUT2D eigenvalue weighted by molar-refractivity contribution is 7.87. The minimum Gasteiger partial charge on any atom is -0.198 e. The van der Waals surface area contributed by atoms with Crippen molar-refractivity contribution in [3.05, 3.63) is 35.4 Å². The molecule has 0 fully saturated rings. The lowest BCUT2D eigenvalue weighted by Gasteiger charge is -2.12. The molecule has 0 aliphatic rings. The Balaban J connectivity index is 2.68. The van der Waals surface area contributed by atoms with Crippen molar-refractivity contribution in [2.75, 3.05) is 14.1 Å². The van der Waals surface area contributed by atoms with Crippen LogP contribution < -0.4 is 4.72 Å². The third kappa shape index (κ3) is 3.75. The van der Waals surface area contributed by atoms with Gasteiger partial charge in [-0.2, -0.15) is 17.4 Å². The van der Waals surface area contributed by atoms with Gasteiger partial charge in [0.2, 0.25) is 0 Å². The lowest BCUT2D eigenvalue weighted by Crippen LogP contribution is -2.35. The molecule has 16 heavy (non-hydrogen) atoms. The van der Waals surface area contributed by atoms with Crippen LogP contribution in [-0.4, -0.2) is 26.8 Å². The Labute approximate surface area is 101 Å². The zero-order valence-corrected chi connectivity index (χ0v) is 10.8. The van der Waals surface area contributed by atoms with Crippen LogP contribution in [0.15, 0.2) is 24.3 Å². The summed E-state index contributed by atoms with van der Waals surface area (Å²) in [6.07, 6.45) is 0. The van der Waals surface area contributed by atoms with Crippen LogP contribution in [0, 0.1) is 0 Å². The highest BCUT2D eigenvalue weighted by Crippen LogP contribution is 2.08. The number of hydrogen-bond donors (Lipinski definition) is 1. The van der Waals surface area contributed by atoms with Crippen molar-refractivity contribution in [3.63, 3.8) is 0 Å². The summed E-state index contributed by atoms with van der Waals surface area (Å²) in [7, 11) is -0.398. The van der Waals surface area contributed by atoms with E-state index in [1.165, 1.54) is 14.1 Å². The zero-order valence-electron chi connectivity index (χ0n) is 9.27. The van der Waals surface area contributed by atoms with Crippen molar-refractivity contribution in [1.82, 2.24) is 9.03 Å². The second-order valence-corrected chi connectivity index (χ2v) is 5.80. The Morgan fingerprint density at radius 2 is 1.94 bits per heavy atom. The maximum absolute atomic E-state index is 11.4. The molecule has 0 saturated heterocycles. The number of nitrogens with zero attached hydrogens (tertiary/aromatic N) is 1. The first-order valence-electron chi connectivity index (χ1n) is 4.76. The molecule has 0 aromatic heterocycles. The quantitative estimate of drug-likeness (QED) is 0.814. The summed E-state index contributed by atoms with van der Waals surface area (Å²) in [6.45, 7) is 0.269. The monoisotopic (exact) mass is 262 g/mol. The largest absolute Gasteiger partial charge is 0.279 e. The summed E-state index contributed by atoms with van der Waals surface area (Å²) < 4.78 is 26.5. The van der Waals surface area contributed by atoms with Crippen molar-refractivity contribution in [3.8, 4) is 0 Å². The first kappa shape index (κ1) is 13.4. The van der Waals surface area contributed by atoms with Crippen LogP contribution in [0.2, 0.25) is 0 Å². The lowest BCUT2D eigenvalue weighted by molar-refractivity contribution is 0.505. The standard InChI is InChI=1S/C10H15ClN2O2S/c1-13(2)16(14,15)12-8-10-5-3-4-9(6-10)7-11/h3-6,12H,7-8H2,1-2H3. The van der Waals surface area contributed by atoms with Crippen LogP contribution in [0.5, 0.6) is 0 Å². The van der Waals surface area contributed by atoms with Crippen LogP contribution in [-0.2, 0) is 22.6 Å². The van der Waals surface area contributed by atoms with Crippen LogP contribution in [0.3, 0.4) is 0 Å². The third-order valence-corrected chi connectivity index (χ3v) is 3.86. The maximum atomic E-state index is 11.4. The van der Waals surface area contributed by atoms with E-state index < -0.39 is 10.2 Å². The molecule has 0 heterocycles. The molecule has 0 amide bonds. The minimum absolute atomic E-state index is 0.269. The lowest BCUT2D eigenvalue weighted by atomic mass is 10.1. The molecular formula is C10H15ClN2O2S. The van der Waals surface area contributed by atoms with Crippen molar-refractivity contribution in [2.45, 2.75) is 12.4 Å². The van der Waals surface area contributed by atoms with Crippen molar-refractivity contribution in [1.29, 1.82) is 0 Å². The highest BCUT2D eigenvalue weighted by atomic mass is 35.5. The molecule has 0 saturated carbocycles. The van der Waals surface area contributed by atoms with Crippen molar-refractivity contribution in [2.24, 2.45) is 0 Å². The van der Waals surface area contributed by atoms with Crippen molar-refractivity contribution >= 4 is 21.8 Å². The molecule has 4 nitrogen and oxygen atoms in total. The van der Waals surface area contributed by atoms with E-state index in [-0.39, 0.29) is 6.54 Å². The van der Waals surface area contributed by atoms with E-state index in [0.717, 1.165) is 15.4 Å². The number of benzene rings is 1. The van der Waals surface area contributed by atoms with Gasteiger partial charge in [0.25, 0.3) is 10.2 Å².